The fourth-order valence-corrected chi connectivity index (χ4v) is 4.95. The number of fused-ring (bicyclic) bond motifs is 2. The van der Waals surface area contributed by atoms with Gasteiger partial charge >= 0.3 is 0 Å². The molecule has 2 N–H and O–H groups in total. The smallest absolute Gasteiger partial charge is 0.250 e. The van der Waals surface area contributed by atoms with E-state index in [4.69, 9.17) is 14.2 Å². The van der Waals surface area contributed by atoms with Crippen molar-refractivity contribution in [3.63, 3.8) is 0 Å². The molecule has 6 rings (SSSR count). The van der Waals surface area contributed by atoms with Crippen LogP contribution in [-0.4, -0.2) is 48.4 Å². The van der Waals surface area contributed by atoms with Gasteiger partial charge in [-0.25, -0.2) is 4.98 Å². The van der Waals surface area contributed by atoms with Crippen molar-refractivity contribution < 1.29 is 14.2 Å². The quantitative estimate of drug-likeness (QED) is 0.343. The van der Waals surface area contributed by atoms with E-state index in [1.807, 2.05) is 37.3 Å². The number of nitrogens with zero attached hydrogens (tertiary/aromatic N) is 3. The molecule has 4 heterocycles. The van der Waals surface area contributed by atoms with E-state index >= 15 is 0 Å². The first-order chi connectivity index (χ1) is 18.6. The summed E-state index contributed by atoms with van der Waals surface area (Å²) in [7, 11) is 1.58. The molecule has 1 fully saturated rings. The van der Waals surface area contributed by atoms with Crippen LogP contribution in [0.1, 0.15) is 29.8 Å². The van der Waals surface area contributed by atoms with Gasteiger partial charge in [-0.15, -0.1) is 0 Å². The topological polar surface area (TPSA) is 102 Å². The highest BCUT2D eigenvalue weighted by Gasteiger charge is 2.23. The Hall–Kier alpha value is -4.37. The Balaban J connectivity index is 1.26. The molecule has 1 unspecified atom stereocenters. The van der Waals surface area contributed by atoms with E-state index in [1.165, 1.54) is 0 Å². The second kappa shape index (κ2) is 10.2. The van der Waals surface area contributed by atoms with Gasteiger partial charge in [0.1, 0.15) is 11.5 Å². The molecule has 2 aromatic carbocycles. The van der Waals surface area contributed by atoms with Crippen LogP contribution >= 0.6 is 0 Å². The number of rotatable bonds is 6. The molecule has 0 saturated carbocycles. The number of pyridine rings is 1. The minimum atomic E-state index is -0.136. The first-order valence-electron chi connectivity index (χ1n) is 12.7. The number of H-pyrrole nitrogens is 1. The largest absolute Gasteiger partial charge is 0.480 e. The minimum Gasteiger partial charge on any atom is -0.480 e. The molecule has 9 heteroatoms. The van der Waals surface area contributed by atoms with E-state index in [0.29, 0.717) is 19.1 Å². The lowest BCUT2D eigenvalue weighted by atomic mass is 9.96. The lowest BCUT2D eigenvalue weighted by Gasteiger charge is -2.29. The number of para-hydroxylation sites is 1. The number of benzene rings is 2. The van der Waals surface area contributed by atoms with Crippen molar-refractivity contribution >= 4 is 11.4 Å². The molecule has 0 aliphatic carbocycles. The SMILES string of the molecule is COc1cncc(C(C)Nc2ccc3c(c2)Cc2cccc(-c4cc(N5CCOCC5)cc(=O)[nH]4)c2O3)n1. The number of aromatic nitrogens is 3. The number of nitrogens with one attached hydrogen (secondary N) is 2. The Morgan fingerprint density at radius 1 is 1.08 bits per heavy atom. The van der Waals surface area contributed by atoms with E-state index in [-0.39, 0.29) is 11.6 Å². The Kier molecular flexibility index (Phi) is 6.43. The van der Waals surface area contributed by atoms with Gasteiger partial charge in [-0.2, -0.15) is 0 Å². The summed E-state index contributed by atoms with van der Waals surface area (Å²) in [5.74, 6) is 2.06. The molecule has 2 aliphatic rings. The standard InChI is InChI=1S/C29H29N5O4/c1-18(25-16-30-17-28(33-25)36-2)31-21-6-7-26-20(13-21)12-19-4-3-5-23(29(19)38-26)24-14-22(15-27(35)32-24)34-8-10-37-11-9-34/h3-7,13-18,31H,8-12H2,1-2H3,(H,32,35). The van der Waals surface area contributed by atoms with Crippen LogP contribution in [0.3, 0.4) is 0 Å². The van der Waals surface area contributed by atoms with Gasteiger partial charge in [0.15, 0.2) is 0 Å². The monoisotopic (exact) mass is 511 g/mol. The van der Waals surface area contributed by atoms with Crippen molar-refractivity contribution in [2.45, 2.75) is 19.4 Å². The normalized spacial score (nSPS) is 15.2. The molecule has 4 aromatic rings. The molecule has 0 spiro atoms. The lowest BCUT2D eigenvalue weighted by molar-refractivity contribution is 0.122. The Labute approximate surface area is 220 Å². The summed E-state index contributed by atoms with van der Waals surface area (Å²) in [5.41, 5.74) is 6.28. The summed E-state index contributed by atoms with van der Waals surface area (Å²) in [6.45, 7) is 4.88. The van der Waals surface area contributed by atoms with Gasteiger partial charge in [0, 0.05) is 48.1 Å². The van der Waals surface area contributed by atoms with Crippen LogP contribution in [-0.2, 0) is 11.2 Å². The van der Waals surface area contributed by atoms with Crippen molar-refractivity contribution in [1.82, 2.24) is 15.0 Å². The van der Waals surface area contributed by atoms with E-state index in [0.717, 1.165) is 70.5 Å². The first-order valence-corrected chi connectivity index (χ1v) is 12.7. The van der Waals surface area contributed by atoms with Gasteiger partial charge in [0.25, 0.3) is 0 Å². The van der Waals surface area contributed by atoms with Crippen LogP contribution in [0.25, 0.3) is 11.3 Å². The highest BCUT2D eigenvalue weighted by Crippen LogP contribution is 2.43. The van der Waals surface area contributed by atoms with E-state index in [9.17, 15) is 4.79 Å². The molecule has 0 bridgehead atoms. The highest BCUT2D eigenvalue weighted by atomic mass is 16.5. The van der Waals surface area contributed by atoms with Gasteiger partial charge < -0.3 is 29.4 Å². The molecule has 38 heavy (non-hydrogen) atoms. The summed E-state index contributed by atoms with van der Waals surface area (Å²) < 4.78 is 17.1. The van der Waals surface area contributed by atoms with Gasteiger partial charge in [-0.05, 0) is 42.8 Å². The van der Waals surface area contributed by atoms with Crippen LogP contribution < -0.4 is 25.2 Å². The number of methoxy groups -OCH3 is 1. The van der Waals surface area contributed by atoms with Gasteiger partial charge in [0.05, 0.1) is 50.1 Å². The summed E-state index contributed by atoms with van der Waals surface area (Å²) in [5, 5.41) is 3.50. The zero-order chi connectivity index (χ0) is 26.1. The fraction of sp³-hybridized carbons (Fsp3) is 0.276. The summed E-state index contributed by atoms with van der Waals surface area (Å²) >= 11 is 0. The minimum absolute atomic E-state index is 0.0605. The second-order valence-corrected chi connectivity index (χ2v) is 9.46. The van der Waals surface area contributed by atoms with E-state index < -0.39 is 0 Å². The molecule has 0 amide bonds. The zero-order valence-electron chi connectivity index (χ0n) is 21.4. The maximum atomic E-state index is 12.6. The number of morpholine rings is 1. The van der Waals surface area contributed by atoms with Crippen molar-refractivity contribution in [3.05, 3.63) is 88.1 Å². The Bertz CT molecular complexity index is 1530. The number of anilines is 2. The average molecular weight is 512 g/mol. The molecule has 9 nitrogen and oxygen atoms in total. The Morgan fingerprint density at radius 3 is 2.79 bits per heavy atom. The number of hydrogen-bond acceptors (Lipinski definition) is 8. The maximum absolute atomic E-state index is 12.6. The van der Waals surface area contributed by atoms with E-state index in [1.54, 1.807) is 25.6 Å². The van der Waals surface area contributed by atoms with Crippen molar-refractivity contribution in [2.75, 3.05) is 43.6 Å². The zero-order valence-corrected chi connectivity index (χ0v) is 21.4. The van der Waals surface area contributed by atoms with Crippen LogP contribution in [0.2, 0.25) is 0 Å². The second-order valence-electron chi connectivity index (χ2n) is 9.46. The third-order valence-corrected chi connectivity index (χ3v) is 6.91. The summed E-state index contributed by atoms with van der Waals surface area (Å²) in [6, 6.07) is 15.8. The van der Waals surface area contributed by atoms with Crippen molar-refractivity contribution in [2.24, 2.45) is 0 Å². The first kappa shape index (κ1) is 24.0. The van der Waals surface area contributed by atoms with Crippen molar-refractivity contribution in [1.29, 1.82) is 0 Å². The molecule has 1 atom stereocenters. The van der Waals surface area contributed by atoms with Crippen LogP contribution in [0.4, 0.5) is 11.4 Å². The molecule has 194 valence electrons. The van der Waals surface area contributed by atoms with E-state index in [2.05, 4.69) is 37.3 Å². The highest BCUT2D eigenvalue weighted by molar-refractivity contribution is 5.74. The predicted molar refractivity (Wildman–Crippen MR) is 145 cm³/mol. The summed E-state index contributed by atoms with van der Waals surface area (Å²) in [6.07, 6.45) is 4.04. The fourth-order valence-electron chi connectivity index (χ4n) is 4.95. The predicted octanol–water partition coefficient (Wildman–Crippen LogP) is 4.55. The van der Waals surface area contributed by atoms with Crippen molar-refractivity contribution in [3.8, 4) is 28.6 Å². The van der Waals surface area contributed by atoms with Gasteiger partial charge in [0.2, 0.25) is 11.4 Å². The average Bonchev–Trinajstić information content (AvgIpc) is 2.96. The van der Waals surface area contributed by atoms with Gasteiger partial charge in [-0.3, -0.25) is 9.78 Å². The molecule has 2 aliphatic heterocycles. The molecule has 1 saturated heterocycles. The number of aromatic amines is 1. The lowest BCUT2D eigenvalue weighted by Crippen LogP contribution is -2.36. The molecule has 2 aromatic heterocycles. The molecular weight excluding hydrogens is 482 g/mol. The summed E-state index contributed by atoms with van der Waals surface area (Å²) in [4.78, 5) is 26.5. The maximum Gasteiger partial charge on any atom is 0.250 e. The van der Waals surface area contributed by atoms with Crippen LogP contribution in [0.5, 0.6) is 17.4 Å². The third-order valence-electron chi connectivity index (χ3n) is 6.91. The third kappa shape index (κ3) is 4.80. The number of ether oxygens (including phenoxy) is 3. The van der Waals surface area contributed by atoms with Crippen LogP contribution in [0, 0.1) is 0 Å². The molecule has 0 radical (unpaired) electrons. The Morgan fingerprint density at radius 2 is 1.95 bits per heavy atom. The van der Waals surface area contributed by atoms with Crippen LogP contribution in [0.15, 0.2) is 65.7 Å². The molecular formula is C29H29N5O4. The van der Waals surface area contributed by atoms with Gasteiger partial charge in [-0.1, -0.05) is 12.1 Å². The number of hydrogen-bond donors (Lipinski definition) is 2.